The average molecular weight is 498 g/mol. The normalized spacial score (nSPS) is 11.7. The number of halogens is 1. The van der Waals surface area contributed by atoms with Crippen molar-refractivity contribution in [1.82, 2.24) is 20.1 Å². The molecule has 1 heterocycles. The summed E-state index contributed by atoms with van der Waals surface area (Å²) in [6.45, 7) is 8.18. The average Bonchev–Trinajstić information content (AvgIpc) is 3.24. The highest BCUT2D eigenvalue weighted by Crippen LogP contribution is 2.26. The summed E-state index contributed by atoms with van der Waals surface area (Å²) in [5, 5.41) is 14.9. The van der Waals surface area contributed by atoms with Gasteiger partial charge in [-0.05, 0) is 54.4 Å². The number of aromatic nitrogens is 3. The van der Waals surface area contributed by atoms with Gasteiger partial charge in [-0.1, -0.05) is 31.7 Å². The Morgan fingerprint density at radius 1 is 1.14 bits per heavy atom. The highest BCUT2D eigenvalue weighted by Gasteiger charge is 2.26. The van der Waals surface area contributed by atoms with Crippen LogP contribution in [-0.4, -0.2) is 39.4 Å². The molecular weight excluding hydrogens is 469 g/mol. The Morgan fingerprint density at radius 2 is 1.83 bits per heavy atom. The quantitative estimate of drug-likeness (QED) is 0.300. The molecule has 0 aliphatic carbocycles. The number of thioether (sulfide) groups is 1. The van der Waals surface area contributed by atoms with Crippen molar-refractivity contribution < 1.29 is 18.7 Å². The van der Waals surface area contributed by atoms with Gasteiger partial charge in [0, 0.05) is 17.8 Å². The lowest BCUT2D eigenvalue weighted by Gasteiger charge is -2.22. The molecule has 0 saturated heterocycles. The lowest BCUT2D eigenvalue weighted by Crippen LogP contribution is -2.33. The van der Waals surface area contributed by atoms with Crippen LogP contribution in [0.4, 0.5) is 10.1 Å². The summed E-state index contributed by atoms with van der Waals surface area (Å²) in [5.74, 6) is 0.459. The minimum atomic E-state index is -0.417. The van der Waals surface area contributed by atoms with Crippen LogP contribution in [0.2, 0.25) is 0 Å². The molecule has 1 aromatic heterocycles. The van der Waals surface area contributed by atoms with E-state index in [9.17, 15) is 14.0 Å². The molecule has 0 aliphatic rings. The Morgan fingerprint density at radius 3 is 2.43 bits per heavy atom. The van der Waals surface area contributed by atoms with Crippen LogP contribution < -0.4 is 15.4 Å². The van der Waals surface area contributed by atoms with E-state index < -0.39 is 6.04 Å². The van der Waals surface area contributed by atoms with Gasteiger partial charge in [0.1, 0.15) is 11.6 Å². The Bertz CT molecular complexity index is 1160. The fourth-order valence-corrected chi connectivity index (χ4v) is 4.05. The Labute approximate surface area is 208 Å². The lowest BCUT2D eigenvalue weighted by atomic mass is 10.0. The highest BCUT2D eigenvalue weighted by molar-refractivity contribution is 7.99. The molecule has 0 aliphatic heterocycles. The van der Waals surface area contributed by atoms with Crippen LogP contribution in [0.25, 0.3) is 0 Å². The fraction of sp³-hybridized carbons (Fsp3) is 0.280. The number of hydrogen-bond acceptors (Lipinski definition) is 6. The summed E-state index contributed by atoms with van der Waals surface area (Å²) in [6.07, 6.45) is 1.71. The van der Waals surface area contributed by atoms with Crippen molar-refractivity contribution in [2.75, 3.05) is 18.2 Å². The molecule has 8 nitrogen and oxygen atoms in total. The first-order chi connectivity index (χ1) is 16.8. The zero-order valence-corrected chi connectivity index (χ0v) is 20.6. The molecule has 184 valence electrons. The molecule has 35 heavy (non-hydrogen) atoms. The van der Waals surface area contributed by atoms with Crippen molar-refractivity contribution in [3.05, 3.63) is 78.4 Å². The van der Waals surface area contributed by atoms with Crippen LogP contribution in [0.3, 0.4) is 0 Å². The molecule has 2 amide bonds. The second-order valence-electron chi connectivity index (χ2n) is 8.01. The van der Waals surface area contributed by atoms with E-state index in [1.54, 1.807) is 37.5 Å². The third-order valence-corrected chi connectivity index (χ3v) is 6.07. The molecule has 2 aromatic carbocycles. The first kappa shape index (κ1) is 26.0. The number of nitrogens with zero attached hydrogens (tertiary/aromatic N) is 3. The van der Waals surface area contributed by atoms with Gasteiger partial charge in [-0.3, -0.25) is 9.59 Å². The number of carbonyl (C=O) groups is 2. The molecule has 0 saturated carbocycles. The Balaban J connectivity index is 1.73. The largest absolute Gasteiger partial charge is 0.497 e. The fourth-order valence-electron chi connectivity index (χ4n) is 3.29. The van der Waals surface area contributed by atoms with E-state index >= 15 is 0 Å². The number of benzene rings is 2. The number of allylic oxidation sites excluding steroid dienone is 1. The predicted molar refractivity (Wildman–Crippen MR) is 134 cm³/mol. The van der Waals surface area contributed by atoms with Crippen LogP contribution in [0.15, 0.2) is 66.3 Å². The van der Waals surface area contributed by atoms with Crippen LogP contribution in [0.5, 0.6) is 5.75 Å². The number of anilines is 1. The van der Waals surface area contributed by atoms with E-state index in [0.717, 1.165) is 0 Å². The molecule has 0 unspecified atom stereocenters. The van der Waals surface area contributed by atoms with Crippen LogP contribution in [-0.2, 0) is 11.3 Å². The van der Waals surface area contributed by atoms with Crippen molar-refractivity contribution in [3.63, 3.8) is 0 Å². The van der Waals surface area contributed by atoms with Gasteiger partial charge in [0.25, 0.3) is 5.91 Å². The lowest BCUT2D eigenvalue weighted by molar-refractivity contribution is -0.113. The summed E-state index contributed by atoms with van der Waals surface area (Å²) >= 11 is 1.22. The van der Waals surface area contributed by atoms with Gasteiger partial charge in [-0.2, -0.15) is 0 Å². The second kappa shape index (κ2) is 12.2. The minimum Gasteiger partial charge on any atom is -0.497 e. The Hall–Kier alpha value is -3.66. The van der Waals surface area contributed by atoms with Crippen LogP contribution in [0.1, 0.15) is 36.1 Å². The number of methoxy groups -OCH3 is 1. The summed E-state index contributed by atoms with van der Waals surface area (Å²) in [6, 6.07) is 12.0. The standard InChI is InChI=1S/C25H28FN5O3S/c1-5-14-31-23(22(16(2)3)28-24(33)17-6-12-20(34-4)13-7-17)29-30-25(31)35-15-21(32)27-19-10-8-18(26)9-11-19/h5-13,16,22H,1,14-15H2,2-4H3,(H,27,32)(H,28,33)/t22-/m0/s1. The van der Waals surface area contributed by atoms with E-state index in [1.165, 1.54) is 36.0 Å². The van der Waals surface area contributed by atoms with Gasteiger partial charge in [0.05, 0.1) is 18.9 Å². The first-order valence-corrected chi connectivity index (χ1v) is 12.0. The second-order valence-corrected chi connectivity index (χ2v) is 8.95. The molecule has 3 rings (SSSR count). The number of nitrogens with one attached hydrogen (secondary N) is 2. The van der Waals surface area contributed by atoms with Crippen LogP contribution in [0, 0.1) is 11.7 Å². The van der Waals surface area contributed by atoms with Crippen LogP contribution >= 0.6 is 11.8 Å². The van der Waals surface area contributed by atoms with Crippen molar-refractivity contribution in [3.8, 4) is 5.75 Å². The molecule has 0 fully saturated rings. The molecular formula is C25H28FN5O3S. The number of rotatable bonds is 11. The SMILES string of the molecule is C=CCn1c(SCC(=O)Nc2ccc(F)cc2)nnc1[C@@H](NC(=O)c1ccc(OC)cc1)C(C)C. The Kier molecular flexibility index (Phi) is 9.02. The molecule has 3 aromatic rings. The van der Waals surface area contributed by atoms with Gasteiger partial charge < -0.3 is 19.9 Å². The minimum absolute atomic E-state index is 0.0181. The smallest absolute Gasteiger partial charge is 0.251 e. The van der Waals surface area contributed by atoms with Crippen molar-refractivity contribution >= 4 is 29.3 Å². The molecule has 2 N–H and O–H groups in total. The van der Waals surface area contributed by atoms with E-state index in [1.807, 2.05) is 18.4 Å². The van der Waals surface area contributed by atoms with Crippen molar-refractivity contribution in [1.29, 1.82) is 0 Å². The zero-order valence-electron chi connectivity index (χ0n) is 19.8. The summed E-state index contributed by atoms with van der Waals surface area (Å²) < 4.78 is 20.1. The van der Waals surface area contributed by atoms with E-state index in [4.69, 9.17) is 4.74 Å². The molecule has 0 radical (unpaired) electrons. The maximum atomic E-state index is 13.1. The highest BCUT2D eigenvalue weighted by atomic mass is 32.2. The van der Waals surface area contributed by atoms with Crippen molar-refractivity contribution in [2.45, 2.75) is 31.6 Å². The number of ether oxygens (including phenoxy) is 1. The van der Waals surface area contributed by atoms with Gasteiger partial charge in [0.2, 0.25) is 5.91 Å². The third kappa shape index (κ3) is 6.92. The molecule has 0 spiro atoms. The van der Waals surface area contributed by atoms with Gasteiger partial charge >= 0.3 is 0 Å². The monoisotopic (exact) mass is 497 g/mol. The van der Waals surface area contributed by atoms with Gasteiger partial charge in [0.15, 0.2) is 11.0 Å². The number of hydrogen-bond donors (Lipinski definition) is 2. The molecule has 1 atom stereocenters. The topological polar surface area (TPSA) is 98.1 Å². The van der Waals surface area contributed by atoms with Gasteiger partial charge in [-0.25, -0.2) is 4.39 Å². The summed E-state index contributed by atoms with van der Waals surface area (Å²) in [5.41, 5.74) is 1.00. The predicted octanol–water partition coefficient (Wildman–Crippen LogP) is 4.47. The maximum Gasteiger partial charge on any atom is 0.251 e. The zero-order chi connectivity index (χ0) is 25.4. The van der Waals surface area contributed by atoms with Gasteiger partial charge in [-0.15, -0.1) is 16.8 Å². The first-order valence-electron chi connectivity index (χ1n) is 11.0. The summed E-state index contributed by atoms with van der Waals surface area (Å²) in [7, 11) is 1.57. The summed E-state index contributed by atoms with van der Waals surface area (Å²) in [4.78, 5) is 25.3. The molecule has 10 heteroatoms. The van der Waals surface area contributed by atoms with E-state index in [0.29, 0.717) is 34.5 Å². The number of carbonyl (C=O) groups excluding carboxylic acids is 2. The molecule has 0 bridgehead atoms. The maximum absolute atomic E-state index is 13.1. The van der Waals surface area contributed by atoms with Crippen molar-refractivity contribution in [2.24, 2.45) is 5.92 Å². The van der Waals surface area contributed by atoms with E-state index in [-0.39, 0.29) is 29.3 Å². The third-order valence-electron chi connectivity index (χ3n) is 5.10. The van der Waals surface area contributed by atoms with E-state index in [2.05, 4.69) is 27.4 Å². The number of amides is 2.